The van der Waals surface area contributed by atoms with E-state index in [1.807, 2.05) is 30.3 Å². The van der Waals surface area contributed by atoms with Gasteiger partial charge in [0.15, 0.2) is 0 Å². The molecule has 3 nitrogen and oxygen atoms in total. The molecule has 72 valence electrons. The fourth-order valence-corrected chi connectivity index (χ4v) is 1.77. The lowest BCUT2D eigenvalue weighted by atomic mass is 10.1. The van der Waals surface area contributed by atoms with Gasteiger partial charge < -0.3 is 4.89 Å². The summed E-state index contributed by atoms with van der Waals surface area (Å²) in [7, 11) is -3.30. The summed E-state index contributed by atoms with van der Waals surface area (Å²) >= 11 is 0. The van der Waals surface area contributed by atoms with Crippen LogP contribution in [0.25, 0.3) is 0 Å². The molecule has 3 N–H and O–H groups in total. The predicted molar refractivity (Wildman–Crippen MR) is 53.6 cm³/mol. The van der Waals surface area contributed by atoms with Gasteiger partial charge in [-0.3, -0.25) is 10.1 Å². The molecular weight excluding hydrogens is 185 g/mol. The van der Waals surface area contributed by atoms with Crippen molar-refractivity contribution in [1.29, 1.82) is 0 Å². The fraction of sp³-hybridized carbons (Fsp3) is 0.333. The van der Waals surface area contributed by atoms with Gasteiger partial charge in [0.1, 0.15) is 0 Å². The van der Waals surface area contributed by atoms with Crippen molar-refractivity contribution in [2.24, 2.45) is 5.50 Å². The Kier molecular flexibility index (Phi) is 3.67. The predicted octanol–water partition coefficient (Wildman–Crippen LogP) is 1.76. The van der Waals surface area contributed by atoms with E-state index in [1.165, 1.54) is 5.56 Å². The molecule has 0 heterocycles. The van der Waals surface area contributed by atoms with E-state index in [4.69, 9.17) is 10.4 Å². The molecule has 0 saturated heterocycles. The number of hydrogen-bond acceptors (Lipinski definition) is 1. The molecule has 0 radical (unpaired) electrons. The zero-order chi connectivity index (χ0) is 9.73. The lowest BCUT2D eigenvalue weighted by molar-refractivity contribution is 0.477. The van der Waals surface area contributed by atoms with Crippen molar-refractivity contribution in [2.75, 3.05) is 6.16 Å². The van der Waals surface area contributed by atoms with Crippen molar-refractivity contribution in [1.82, 2.24) is 0 Å². The van der Waals surface area contributed by atoms with Crippen LogP contribution in [0.15, 0.2) is 30.3 Å². The highest BCUT2D eigenvalue weighted by Crippen LogP contribution is 2.30. The van der Waals surface area contributed by atoms with Crippen LogP contribution in [-0.2, 0) is 11.0 Å². The van der Waals surface area contributed by atoms with Gasteiger partial charge in [-0.05, 0) is 18.4 Å². The number of benzene rings is 1. The van der Waals surface area contributed by atoms with Crippen molar-refractivity contribution in [3.63, 3.8) is 0 Å². The summed E-state index contributed by atoms with van der Waals surface area (Å²) in [5, 5.41) is 0. The van der Waals surface area contributed by atoms with Gasteiger partial charge in [0.05, 0.1) is 0 Å². The molecule has 0 aliphatic carbocycles. The smallest absolute Gasteiger partial charge is 0.264 e. The second-order valence-corrected chi connectivity index (χ2v) is 5.03. The highest BCUT2D eigenvalue weighted by molar-refractivity contribution is 7.55. The number of hydrogen-bond donors (Lipinski definition) is 2. The number of nitrogens with two attached hydrogens (primary N) is 1. The van der Waals surface area contributed by atoms with Crippen molar-refractivity contribution in [3.05, 3.63) is 35.9 Å². The van der Waals surface area contributed by atoms with Crippen LogP contribution in [0.4, 0.5) is 0 Å². The van der Waals surface area contributed by atoms with E-state index >= 15 is 0 Å². The van der Waals surface area contributed by atoms with Gasteiger partial charge in [0.2, 0.25) is 0 Å². The van der Waals surface area contributed by atoms with Crippen LogP contribution in [-0.4, -0.2) is 11.1 Å². The van der Waals surface area contributed by atoms with Crippen LogP contribution >= 0.6 is 7.52 Å². The van der Waals surface area contributed by atoms with E-state index < -0.39 is 7.52 Å². The first-order valence-corrected chi connectivity index (χ1v) is 6.14. The molecule has 1 rings (SSSR count). The summed E-state index contributed by atoms with van der Waals surface area (Å²) in [5.74, 6) is 0. The maximum Gasteiger partial charge on any atom is 0.264 e. The fourth-order valence-electron chi connectivity index (χ4n) is 1.15. The molecule has 0 spiro atoms. The van der Waals surface area contributed by atoms with Gasteiger partial charge in [-0.25, -0.2) is 0 Å². The second-order valence-electron chi connectivity index (χ2n) is 3.07. The van der Waals surface area contributed by atoms with Crippen LogP contribution in [0.3, 0.4) is 0 Å². The highest BCUT2D eigenvalue weighted by Gasteiger charge is 2.08. The molecule has 1 atom stereocenters. The van der Waals surface area contributed by atoms with Crippen LogP contribution < -0.4 is 5.50 Å². The SMILES string of the molecule is NP(=O)(O)CCCc1ccccc1. The van der Waals surface area contributed by atoms with Gasteiger partial charge in [0.25, 0.3) is 7.52 Å². The molecule has 0 aromatic heterocycles. The number of rotatable bonds is 4. The van der Waals surface area contributed by atoms with Crippen LogP contribution in [0.1, 0.15) is 12.0 Å². The van der Waals surface area contributed by atoms with Crippen LogP contribution in [0.5, 0.6) is 0 Å². The Bertz CT molecular complexity index is 294. The molecule has 4 heteroatoms. The molecule has 1 unspecified atom stereocenters. The quantitative estimate of drug-likeness (QED) is 0.726. The molecule has 0 aliphatic heterocycles. The maximum atomic E-state index is 10.7. The van der Waals surface area contributed by atoms with Gasteiger partial charge >= 0.3 is 0 Å². The Morgan fingerprint density at radius 2 is 1.92 bits per heavy atom. The van der Waals surface area contributed by atoms with E-state index in [2.05, 4.69) is 0 Å². The minimum absolute atomic E-state index is 0.196. The summed E-state index contributed by atoms with van der Waals surface area (Å²) in [6.45, 7) is 0. The number of aryl methyl sites for hydroxylation is 1. The zero-order valence-corrected chi connectivity index (χ0v) is 8.28. The Morgan fingerprint density at radius 1 is 1.31 bits per heavy atom. The Balaban J connectivity index is 2.33. The van der Waals surface area contributed by atoms with Gasteiger partial charge in [0, 0.05) is 6.16 Å². The monoisotopic (exact) mass is 199 g/mol. The molecule has 13 heavy (non-hydrogen) atoms. The molecule has 0 bridgehead atoms. The summed E-state index contributed by atoms with van der Waals surface area (Å²) in [6.07, 6.45) is 1.67. The topological polar surface area (TPSA) is 63.3 Å². The average Bonchev–Trinajstić information content (AvgIpc) is 2.04. The molecule has 1 aromatic rings. The molecule has 0 saturated carbocycles. The molecule has 1 aromatic carbocycles. The minimum atomic E-state index is -3.30. The van der Waals surface area contributed by atoms with Crippen molar-refractivity contribution in [3.8, 4) is 0 Å². The van der Waals surface area contributed by atoms with E-state index in [0.717, 1.165) is 6.42 Å². The van der Waals surface area contributed by atoms with Gasteiger partial charge in [-0.15, -0.1) is 0 Å². The van der Waals surface area contributed by atoms with E-state index in [0.29, 0.717) is 6.42 Å². The first-order chi connectivity index (χ1) is 6.08. The zero-order valence-electron chi connectivity index (χ0n) is 7.39. The standard InChI is InChI=1S/C9H14NO2P/c10-13(11,12)8-4-7-9-5-2-1-3-6-9/h1-3,5-6H,4,7-8H2,(H3,10,11,12). The van der Waals surface area contributed by atoms with Crippen LogP contribution in [0.2, 0.25) is 0 Å². The molecule has 0 aliphatic rings. The Morgan fingerprint density at radius 3 is 2.46 bits per heavy atom. The summed E-state index contributed by atoms with van der Waals surface area (Å²) in [5.41, 5.74) is 6.19. The van der Waals surface area contributed by atoms with Crippen molar-refractivity contribution < 1.29 is 9.46 Å². The average molecular weight is 199 g/mol. The lowest BCUT2D eigenvalue weighted by Gasteiger charge is -2.04. The van der Waals surface area contributed by atoms with Gasteiger partial charge in [-0.2, -0.15) is 0 Å². The van der Waals surface area contributed by atoms with Gasteiger partial charge in [-0.1, -0.05) is 30.3 Å². The van der Waals surface area contributed by atoms with E-state index in [-0.39, 0.29) is 6.16 Å². The summed E-state index contributed by atoms with van der Waals surface area (Å²) < 4.78 is 10.7. The largest absolute Gasteiger partial charge is 0.333 e. The first kappa shape index (κ1) is 10.5. The maximum absolute atomic E-state index is 10.7. The van der Waals surface area contributed by atoms with Crippen molar-refractivity contribution in [2.45, 2.75) is 12.8 Å². The highest BCUT2D eigenvalue weighted by atomic mass is 31.2. The molecule has 0 fully saturated rings. The third-order valence-electron chi connectivity index (χ3n) is 1.79. The third-order valence-corrected chi connectivity index (χ3v) is 2.74. The van der Waals surface area contributed by atoms with E-state index in [9.17, 15) is 4.57 Å². The van der Waals surface area contributed by atoms with E-state index in [1.54, 1.807) is 0 Å². The minimum Gasteiger partial charge on any atom is -0.333 e. The molecular formula is C9H14NO2P. The molecule has 0 amide bonds. The lowest BCUT2D eigenvalue weighted by Crippen LogP contribution is -1.99. The third kappa shape index (κ3) is 4.83. The Labute approximate surface area is 78.1 Å². The Hall–Kier alpha value is -0.630. The second kappa shape index (κ2) is 4.56. The summed E-state index contributed by atoms with van der Waals surface area (Å²) in [4.78, 5) is 8.83. The summed E-state index contributed by atoms with van der Waals surface area (Å²) in [6, 6.07) is 9.85. The van der Waals surface area contributed by atoms with Crippen LogP contribution in [0, 0.1) is 0 Å². The normalized spacial score (nSPS) is 15.2. The first-order valence-electron chi connectivity index (χ1n) is 4.22. The van der Waals surface area contributed by atoms with Crippen molar-refractivity contribution >= 4 is 7.52 Å².